The SMILES string of the molecule is CN(/C=C(\O)C=O)c1ccccc1. The van der Waals surface area contributed by atoms with Gasteiger partial charge in [0, 0.05) is 18.9 Å². The molecule has 0 saturated carbocycles. The van der Waals surface area contributed by atoms with E-state index in [-0.39, 0.29) is 5.76 Å². The van der Waals surface area contributed by atoms with Crippen LogP contribution in [0.25, 0.3) is 0 Å². The van der Waals surface area contributed by atoms with E-state index in [9.17, 15) is 4.79 Å². The summed E-state index contributed by atoms with van der Waals surface area (Å²) in [4.78, 5) is 11.8. The third-order valence-electron chi connectivity index (χ3n) is 1.61. The summed E-state index contributed by atoms with van der Waals surface area (Å²) in [6.07, 6.45) is 1.77. The number of aliphatic hydroxyl groups excluding tert-OH is 1. The van der Waals surface area contributed by atoms with Gasteiger partial charge in [-0.3, -0.25) is 4.79 Å². The average Bonchev–Trinajstić information content (AvgIpc) is 2.19. The highest BCUT2D eigenvalue weighted by atomic mass is 16.3. The second-order valence-electron chi connectivity index (χ2n) is 2.62. The van der Waals surface area contributed by atoms with Crippen LogP contribution in [0.5, 0.6) is 0 Å². The number of carbonyl (C=O) groups excluding carboxylic acids is 1. The van der Waals surface area contributed by atoms with Crippen molar-refractivity contribution >= 4 is 12.0 Å². The van der Waals surface area contributed by atoms with Crippen LogP contribution in [0.15, 0.2) is 42.3 Å². The molecule has 1 N–H and O–H groups in total. The van der Waals surface area contributed by atoms with Crippen LogP contribution in [0.2, 0.25) is 0 Å². The fraction of sp³-hybridized carbons (Fsp3) is 0.100. The Hall–Kier alpha value is -1.77. The lowest BCUT2D eigenvalue weighted by molar-refractivity contribution is -0.107. The van der Waals surface area contributed by atoms with Crippen LogP contribution < -0.4 is 4.90 Å². The van der Waals surface area contributed by atoms with Crippen LogP contribution in [0, 0.1) is 0 Å². The molecule has 0 amide bonds. The van der Waals surface area contributed by atoms with E-state index in [0.717, 1.165) is 5.69 Å². The monoisotopic (exact) mass is 177 g/mol. The van der Waals surface area contributed by atoms with Gasteiger partial charge in [-0.15, -0.1) is 0 Å². The Bertz CT molecular complexity index is 306. The summed E-state index contributed by atoms with van der Waals surface area (Å²) < 4.78 is 0. The lowest BCUT2D eigenvalue weighted by atomic mass is 10.3. The van der Waals surface area contributed by atoms with E-state index in [1.807, 2.05) is 30.3 Å². The van der Waals surface area contributed by atoms with Gasteiger partial charge in [0.25, 0.3) is 0 Å². The summed E-state index contributed by atoms with van der Waals surface area (Å²) >= 11 is 0. The molecule has 0 aromatic heterocycles. The number of hydrogen-bond donors (Lipinski definition) is 1. The Morgan fingerprint density at radius 2 is 2.00 bits per heavy atom. The molecule has 68 valence electrons. The highest BCUT2D eigenvalue weighted by molar-refractivity contribution is 5.70. The van der Waals surface area contributed by atoms with Crippen molar-refractivity contribution in [2.24, 2.45) is 0 Å². The van der Waals surface area contributed by atoms with Gasteiger partial charge >= 0.3 is 0 Å². The molecule has 3 heteroatoms. The smallest absolute Gasteiger partial charge is 0.185 e. The van der Waals surface area contributed by atoms with Crippen LogP contribution >= 0.6 is 0 Å². The van der Waals surface area contributed by atoms with E-state index in [0.29, 0.717) is 6.29 Å². The number of rotatable bonds is 3. The standard InChI is InChI=1S/C10H11NO2/c1-11(7-10(13)8-12)9-5-3-2-4-6-9/h2-8,13H,1H3/b10-7-. The number of anilines is 1. The van der Waals surface area contributed by atoms with Crippen molar-refractivity contribution in [1.29, 1.82) is 0 Å². The molecule has 1 rings (SSSR count). The Labute approximate surface area is 76.9 Å². The van der Waals surface area contributed by atoms with Crippen molar-refractivity contribution in [3.05, 3.63) is 42.3 Å². The van der Waals surface area contributed by atoms with E-state index in [2.05, 4.69) is 0 Å². The van der Waals surface area contributed by atoms with Gasteiger partial charge < -0.3 is 10.0 Å². The summed E-state index contributed by atoms with van der Waals surface area (Å²) in [7, 11) is 1.76. The van der Waals surface area contributed by atoms with Crippen LogP contribution in [0.4, 0.5) is 5.69 Å². The van der Waals surface area contributed by atoms with Gasteiger partial charge in [0.15, 0.2) is 12.0 Å². The number of carbonyl (C=O) groups is 1. The molecule has 0 spiro atoms. The Morgan fingerprint density at radius 3 is 2.54 bits per heavy atom. The number of aldehydes is 1. The molecule has 0 unspecified atom stereocenters. The predicted octanol–water partition coefficient (Wildman–Crippen LogP) is 1.72. The highest BCUT2D eigenvalue weighted by Gasteiger charge is 1.96. The minimum Gasteiger partial charge on any atom is -0.504 e. The number of para-hydroxylation sites is 1. The largest absolute Gasteiger partial charge is 0.504 e. The maximum Gasteiger partial charge on any atom is 0.185 e. The fourth-order valence-electron chi connectivity index (χ4n) is 0.967. The molecule has 0 aliphatic rings. The average molecular weight is 177 g/mol. The van der Waals surface area contributed by atoms with Gasteiger partial charge in [-0.1, -0.05) is 18.2 Å². The number of hydrogen-bond acceptors (Lipinski definition) is 3. The molecule has 3 nitrogen and oxygen atoms in total. The highest BCUT2D eigenvalue weighted by Crippen LogP contribution is 2.11. The Kier molecular flexibility index (Phi) is 3.09. The Morgan fingerprint density at radius 1 is 1.38 bits per heavy atom. The van der Waals surface area contributed by atoms with Crippen molar-refractivity contribution in [1.82, 2.24) is 0 Å². The van der Waals surface area contributed by atoms with Crippen LogP contribution in [0.3, 0.4) is 0 Å². The normalized spacial score (nSPS) is 11.0. The number of aliphatic hydroxyl groups is 1. The van der Waals surface area contributed by atoms with E-state index in [1.165, 1.54) is 6.20 Å². The molecule has 0 radical (unpaired) electrons. The zero-order valence-electron chi connectivity index (χ0n) is 7.34. The van der Waals surface area contributed by atoms with E-state index in [1.54, 1.807) is 11.9 Å². The third-order valence-corrected chi connectivity index (χ3v) is 1.61. The molecule has 1 aromatic carbocycles. The molecular weight excluding hydrogens is 166 g/mol. The van der Waals surface area contributed by atoms with Crippen LogP contribution in [-0.4, -0.2) is 18.4 Å². The predicted molar refractivity (Wildman–Crippen MR) is 51.6 cm³/mol. The first kappa shape index (κ1) is 9.32. The maximum absolute atomic E-state index is 10.1. The summed E-state index contributed by atoms with van der Waals surface area (Å²) in [6.45, 7) is 0. The van der Waals surface area contributed by atoms with Crippen LogP contribution in [-0.2, 0) is 4.79 Å². The van der Waals surface area contributed by atoms with E-state index in [4.69, 9.17) is 5.11 Å². The molecule has 0 fully saturated rings. The molecule has 0 atom stereocenters. The maximum atomic E-state index is 10.1. The molecule has 0 aliphatic heterocycles. The first-order valence-electron chi connectivity index (χ1n) is 3.88. The first-order chi connectivity index (χ1) is 6.24. The van der Waals surface area contributed by atoms with E-state index < -0.39 is 0 Å². The van der Waals surface area contributed by atoms with Gasteiger partial charge in [0.1, 0.15) is 0 Å². The van der Waals surface area contributed by atoms with Gasteiger partial charge in [-0.25, -0.2) is 0 Å². The number of benzene rings is 1. The second-order valence-corrected chi connectivity index (χ2v) is 2.62. The molecule has 0 bridgehead atoms. The van der Waals surface area contributed by atoms with E-state index >= 15 is 0 Å². The zero-order valence-corrected chi connectivity index (χ0v) is 7.34. The van der Waals surface area contributed by atoms with Crippen LogP contribution in [0.1, 0.15) is 0 Å². The number of nitrogens with zero attached hydrogens (tertiary/aromatic N) is 1. The molecule has 1 aromatic rings. The fourth-order valence-corrected chi connectivity index (χ4v) is 0.967. The topological polar surface area (TPSA) is 40.5 Å². The van der Waals surface area contributed by atoms with Crippen molar-refractivity contribution < 1.29 is 9.90 Å². The van der Waals surface area contributed by atoms with Crippen molar-refractivity contribution in [2.45, 2.75) is 0 Å². The lowest BCUT2D eigenvalue weighted by Gasteiger charge is -2.13. The summed E-state index contributed by atoms with van der Waals surface area (Å²) in [5.74, 6) is -0.286. The first-order valence-corrected chi connectivity index (χ1v) is 3.88. The van der Waals surface area contributed by atoms with Gasteiger partial charge in [-0.2, -0.15) is 0 Å². The third kappa shape index (κ3) is 2.63. The Balaban J connectivity index is 2.80. The second kappa shape index (κ2) is 4.30. The minimum atomic E-state index is -0.286. The molecule has 0 aliphatic carbocycles. The van der Waals surface area contributed by atoms with Gasteiger partial charge in [0.2, 0.25) is 0 Å². The van der Waals surface area contributed by atoms with Crippen molar-refractivity contribution in [3.8, 4) is 0 Å². The summed E-state index contributed by atoms with van der Waals surface area (Å²) in [6, 6.07) is 9.44. The summed E-state index contributed by atoms with van der Waals surface area (Å²) in [5, 5.41) is 8.94. The summed E-state index contributed by atoms with van der Waals surface area (Å²) in [5.41, 5.74) is 0.913. The molecule has 0 heterocycles. The number of allylic oxidation sites excluding steroid dienone is 1. The molecule has 0 saturated heterocycles. The van der Waals surface area contributed by atoms with Crippen molar-refractivity contribution in [2.75, 3.05) is 11.9 Å². The minimum absolute atomic E-state index is 0.286. The van der Waals surface area contributed by atoms with Gasteiger partial charge in [-0.05, 0) is 12.1 Å². The lowest BCUT2D eigenvalue weighted by Crippen LogP contribution is -2.09. The zero-order chi connectivity index (χ0) is 9.68. The van der Waals surface area contributed by atoms with Crippen molar-refractivity contribution in [3.63, 3.8) is 0 Å². The quantitative estimate of drug-likeness (QED) is 0.434. The van der Waals surface area contributed by atoms with Gasteiger partial charge in [0.05, 0.1) is 0 Å². The molecule has 13 heavy (non-hydrogen) atoms. The molecular formula is C10H11NO2.